The molecule has 0 saturated heterocycles. The van der Waals surface area contributed by atoms with Crippen molar-refractivity contribution in [3.63, 3.8) is 0 Å². The smallest absolute Gasteiger partial charge is 0.237 e. The SMILES string of the molecule is O=S(=O)(Cl)CC1CCC(C(F)C(F)(F)F)CC1. The maximum Gasteiger partial charge on any atom is 0.419 e. The van der Waals surface area contributed by atoms with E-state index in [1.165, 1.54) is 0 Å². The van der Waals surface area contributed by atoms with Gasteiger partial charge < -0.3 is 0 Å². The van der Waals surface area contributed by atoms with Gasteiger partial charge in [-0.3, -0.25) is 0 Å². The number of rotatable bonds is 3. The van der Waals surface area contributed by atoms with Crippen LogP contribution in [0.4, 0.5) is 17.6 Å². The average molecular weight is 297 g/mol. The van der Waals surface area contributed by atoms with Crippen LogP contribution in [0.15, 0.2) is 0 Å². The molecule has 1 aliphatic rings. The van der Waals surface area contributed by atoms with Crippen molar-refractivity contribution in [2.45, 2.75) is 38.0 Å². The highest BCUT2D eigenvalue weighted by Gasteiger charge is 2.46. The Bertz CT molecular complexity index is 346. The third kappa shape index (κ3) is 4.99. The first-order valence-corrected chi connectivity index (χ1v) is 7.70. The second-order valence-corrected chi connectivity index (χ2v) is 7.25. The van der Waals surface area contributed by atoms with E-state index in [9.17, 15) is 26.0 Å². The molecule has 0 amide bonds. The highest BCUT2D eigenvalue weighted by atomic mass is 35.7. The molecular weight excluding hydrogens is 284 g/mol. The Labute approximate surface area is 102 Å². The van der Waals surface area contributed by atoms with E-state index in [-0.39, 0.29) is 37.4 Å². The van der Waals surface area contributed by atoms with Crippen molar-refractivity contribution in [2.24, 2.45) is 11.8 Å². The van der Waals surface area contributed by atoms with Crippen LogP contribution in [0.25, 0.3) is 0 Å². The average Bonchev–Trinajstić information content (AvgIpc) is 2.14. The van der Waals surface area contributed by atoms with Crippen molar-refractivity contribution in [3.8, 4) is 0 Å². The van der Waals surface area contributed by atoms with Gasteiger partial charge in [-0.15, -0.1) is 0 Å². The molecule has 0 bridgehead atoms. The summed E-state index contributed by atoms with van der Waals surface area (Å²) >= 11 is 0. The van der Waals surface area contributed by atoms with E-state index in [0.29, 0.717) is 0 Å². The van der Waals surface area contributed by atoms with Crippen LogP contribution in [0.2, 0.25) is 0 Å². The third-order valence-electron chi connectivity index (χ3n) is 3.05. The molecule has 1 fully saturated rings. The molecule has 1 unspecified atom stereocenters. The lowest BCUT2D eigenvalue weighted by Gasteiger charge is -2.30. The summed E-state index contributed by atoms with van der Waals surface area (Å²) in [5.74, 6) is -1.55. The van der Waals surface area contributed by atoms with E-state index in [4.69, 9.17) is 10.7 Å². The van der Waals surface area contributed by atoms with Gasteiger partial charge in [0.25, 0.3) is 0 Å². The first-order valence-electron chi connectivity index (χ1n) is 5.22. The minimum Gasteiger partial charge on any atom is -0.237 e. The Hall–Kier alpha value is -0.0400. The summed E-state index contributed by atoms with van der Waals surface area (Å²) in [7, 11) is 1.42. The number of hydrogen-bond donors (Lipinski definition) is 0. The summed E-state index contributed by atoms with van der Waals surface area (Å²) in [6.07, 6.45) is -6.98. The van der Waals surface area contributed by atoms with E-state index in [2.05, 4.69) is 0 Å². The standard InChI is InChI=1S/C9H13ClF4O2S/c10-17(15,16)5-6-1-3-7(4-2-6)8(11)9(12,13)14/h6-8H,1-5H2. The van der Waals surface area contributed by atoms with Gasteiger partial charge in [-0.05, 0) is 37.5 Å². The zero-order valence-electron chi connectivity index (χ0n) is 8.88. The van der Waals surface area contributed by atoms with Crippen molar-refractivity contribution in [2.75, 3.05) is 5.75 Å². The molecule has 2 nitrogen and oxygen atoms in total. The maximum atomic E-state index is 13.0. The van der Waals surface area contributed by atoms with E-state index >= 15 is 0 Å². The predicted octanol–water partition coefficient (Wildman–Crippen LogP) is 3.26. The maximum absolute atomic E-state index is 13.0. The molecule has 102 valence electrons. The molecular formula is C9H13ClF4O2S. The number of halogens is 5. The van der Waals surface area contributed by atoms with Crippen LogP contribution < -0.4 is 0 Å². The van der Waals surface area contributed by atoms with E-state index in [0.717, 1.165) is 0 Å². The molecule has 1 saturated carbocycles. The van der Waals surface area contributed by atoms with Crippen LogP contribution in [0.3, 0.4) is 0 Å². The Morgan fingerprint density at radius 1 is 1.18 bits per heavy atom. The van der Waals surface area contributed by atoms with Crippen LogP contribution in [-0.4, -0.2) is 26.5 Å². The number of hydrogen-bond acceptors (Lipinski definition) is 2. The Morgan fingerprint density at radius 2 is 1.65 bits per heavy atom. The Morgan fingerprint density at radius 3 is 2.00 bits per heavy atom. The molecule has 0 aliphatic heterocycles. The highest BCUT2D eigenvalue weighted by Crippen LogP contribution is 2.38. The van der Waals surface area contributed by atoms with E-state index in [1.807, 2.05) is 0 Å². The normalized spacial score (nSPS) is 29.0. The lowest BCUT2D eigenvalue weighted by Crippen LogP contribution is -2.35. The van der Waals surface area contributed by atoms with Crippen LogP contribution in [0, 0.1) is 11.8 Å². The Kier molecular flexibility index (Phi) is 4.68. The second kappa shape index (κ2) is 5.30. The van der Waals surface area contributed by atoms with Crippen LogP contribution in [-0.2, 0) is 9.05 Å². The molecule has 0 N–H and O–H groups in total. The zero-order valence-corrected chi connectivity index (χ0v) is 10.5. The monoisotopic (exact) mass is 296 g/mol. The van der Waals surface area contributed by atoms with Crippen LogP contribution >= 0.6 is 10.7 Å². The predicted molar refractivity (Wildman–Crippen MR) is 56.0 cm³/mol. The van der Waals surface area contributed by atoms with Gasteiger partial charge in [0, 0.05) is 10.7 Å². The fourth-order valence-corrected chi connectivity index (χ4v) is 3.63. The third-order valence-corrected chi connectivity index (χ3v) is 4.30. The molecule has 0 radical (unpaired) electrons. The molecule has 17 heavy (non-hydrogen) atoms. The van der Waals surface area contributed by atoms with Gasteiger partial charge in [0.1, 0.15) is 0 Å². The van der Waals surface area contributed by atoms with E-state index in [1.54, 1.807) is 0 Å². The van der Waals surface area contributed by atoms with E-state index < -0.39 is 27.3 Å². The minimum atomic E-state index is -4.82. The molecule has 0 aromatic heterocycles. The van der Waals surface area contributed by atoms with Gasteiger partial charge in [0.05, 0.1) is 5.75 Å². The highest BCUT2D eigenvalue weighted by molar-refractivity contribution is 8.13. The molecule has 0 aromatic carbocycles. The minimum absolute atomic E-state index is 0.0533. The fourth-order valence-electron chi connectivity index (χ4n) is 2.20. The van der Waals surface area contributed by atoms with Gasteiger partial charge in [-0.1, -0.05) is 0 Å². The first-order chi connectivity index (χ1) is 7.59. The molecule has 0 aromatic rings. The Balaban J connectivity index is 2.46. The van der Waals surface area contributed by atoms with Crippen LogP contribution in [0.1, 0.15) is 25.7 Å². The summed E-state index contributed by atoms with van der Waals surface area (Å²) in [6, 6.07) is 0. The van der Waals surface area contributed by atoms with Gasteiger partial charge in [0.2, 0.25) is 9.05 Å². The second-order valence-electron chi connectivity index (χ2n) is 4.43. The van der Waals surface area contributed by atoms with Gasteiger partial charge in [-0.25, -0.2) is 12.8 Å². The molecule has 0 spiro atoms. The van der Waals surface area contributed by atoms with Crippen molar-refractivity contribution in [3.05, 3.63) is 0 Å². The van der Waals surface area contributed by atoms with Crippen molar-refractivity contribution >= 4 is 19.7 Å². The van der Waals surface area contributed by atoms with Crippen molar-refractivity contribution in [1.29, 1.82) is 0 Å². The van der Waals surface area contributed by atoms with Crippen molar-refractivity contribution < 1.29 is 26.0 Å². The summed E-state index contributed by atoms with van der Waals surface area (Å²) in [4.78, 5) is 0. The van der Waals surface area contributed by atoms with Crippen LogP contribution in [0.5, 0.6) is 0 Å². The summed E-state index contributed by atoms with van der Waals surface area (Å²) in [6.45, 7) is 0. The summed E-state index contributed by atoms with van der Waals surface area (Å²) in [5, 5.41) is 0. The first kappa shape index (κ1) is 15.0. The topological polar surface area (TPSA) is 34.1 Å². The molecule has 0 heterocycles. The molecule has 1 rings (SSSR count). The van der Waals surface area contributed by atoms with Gasteiger partial charge >= 0.3 is 6.18 Å². The lowest BCUT2D eigenvalue weighted by atomic mass is 9.80. The van der Waals surface area contributed by atoms with Crippen molar-refractivity contribution in [1.82, 2.24) is 0 Å². The number of alkyl halides is 4. The molecule has 1 aliphatic carbocycles. The molecule has 8 heteroatoms. The van der Waals surface area contributed by atoms with Gasteiger partial charge in [-0.2, -0.15) is 13.2 Å². The van der Waals surface area contributed by atoms with Gasteiger partial charge in [0.15, 0.2) is 6.17 Å². The largest absolute Gasteiger partial charge is 0.419 e. The summed E-state index contributed by atoms with van der Waals surface area (Å²) in [5.41, 5.74) is 0. The molecule has 1 atom stereocenters. The summed E-state index contributed by atoms with van der Waals surface area (Å²) < 4.78 is 70.9. The lowest BCUT2D eigenvalue weighted by molar-refractivity contribution is -0.197. The fraction of sp³-hybridized carbons (Fsp3) is 1.00. The quantitative estimate of drug-likeness (QED) is 0.592. The zero-order chi connectivity index (χ0) is 13.3.